The lowest BCUT2D eigenvalue weighted by Gasteiger charge is -2.14. The number of carbonyl (C=O) groups is 7. The van der Waals surface area contributed by atoms with Crippen molar-refractivity contribution in [3.05, 3.63) is 0 Å². The highest BCUT2D eigenvalue weighted by molar-refractivity contribution is 5.86. The summed E-state index contributed by atoms with van der Waals surface area (Å²) in [5.74, 6) is -2.58. The Hall–Kier alpha value is -3.35. The maximum absolute atomic E-state index is 12.3. The zero-order chi connectivity index (χ0) is 45.9. The quantitative estimate of drug-likeness (QED) is 0.0447. The molecule has 360 valence electrons. The molecule has 0 rings (SSSR count). The van der Waals surface area contributed by atoms with Crippen molar-refractivity contribution in [1.82, 2.24) is 16.0 Å². The SMILES string of the molecule is CN[C@@H](CCCCCC(=O)COCCOCCNC(=O)COCCOCCCC(=O)CC[C@H](NC(=O)CCCCCCCCCCCCCCCCC(=O)O)C(=O)O)C(=O)CN. The summed E-state index contributed by atoms with van der Waals surface area (Å²) in [4.78, 5) is 82.4. The lowest BCUT2D eigenvalue weighted by molar-refractivity contribution is -0.142. The number of amides is 2. The largest absolute Gasteiger partial charge is 0.481 e. The number of hydrogen-bond acceptors (Lipinski definition) is 13. The summed E-state index contributed by atoms with van der Waals surface area (Å²) in [6.07, 6.45) is 20.0. The van der Waals surface area contributed by atoms with Crippen LogP contribution in [0.4, 0.5) is 0 Å². The van der Waals surface area contributed by atoms with Gasteiger partial charge in [0.05, 0.1) is 45.6 Å². The van der Waals surface area contributed by atoms with Crippen molar-refractivity contribution in [2.24, 2.45) is 5.73 Å². The molecule has 0 spiro atoms. The van der Waals surface area contributed by atoms with Gasteiger partial charge in [0.15, 0.2) is 11.6 Å². The number of unbranched alkanes of at least 4 members (excludes halogenated alkanes) is 15. The monoisotopic (exact) mass is 887 g/mol. The Kier molecular flexibility index (Phi) is 40.6. The lowest BCUT2D eigenvalue weighted by atomic mass is 10.0. The number of nitrogens with two attached hydrogens (primary N) is 1. The number of hydrogen-bond donors (Lipinski definition) is 6. The van der Waals surface area contributed by atoms with Crippen LogP contribution in [0.3, 0.4) is 0 Å². The summed E-state index contributed by atoms with van der Waals surface area (Å²) in [5, 5.41) is 26.4. The van der Waals surface area contributed by atoms with E-state index >= 15 is 0 Å². The van der Waals surface area contributed by atoms with Crippen LogP contribution in [0.15, 0.2) is 0 Å². The molecule has 2 amide bonds. The van der Waals surface area contributed by atoms with Crippen molar-refractivity contribution < 1.29 is 62.7 Å². The molecule has 0 unspecified atom stereocenters. The number of likely N-dealkylation sites (N-methyl/N-ethyl adjacent to an activating group) is 1. The molecular weight excluding hydrogens is 805 g/mol. The van der Waals surface area contributed by atoms with Gasteiger partial charge in [-0.15, -0.1) is 0 Å². The smallest absolute Gasteiger partial charge is 0.326 e. The van der Waals surface area contributed by atoms with Crippen LogP contribution in [-0.4, -0.2) is 136 Å². The highest BCUT2D eigenvalue weighted by Crippen LogP contribution is 2.14. The van der Waals surface area contributed by atoms with Crippen molar-refractivity contribution >= 4 is 41.1 Å². The molecule has 0 heterocycles. The van der Waals surface area contributed by atoms with Crippen LogP contribution >= 0.6 is 0 Å². The van der Waals surface area contributed by atoms with Gasteiger partial charge in [-0.3, -0.25) is 28.8 Å². The van der Waals surface area contributed by atoms with Gasteiger partial charge >= 0.3 is 11.9 Å². The molecule has 17 heteroatoms. The second-order valence-electron chi connectivity index (χ2n) is 15.8. The van der Waals surface area contributed by atoms with E-state index in [4.69, 9.17) is 29.8 Å². The zero-order valence-electron chi connectivity index (χ0n) is 37.9. The van der Waals surface area contributed by atoms with E-state index in [1.54, 1.807) is 7.05 Å². The van der Waals surface area contributed by atoms with Crippen molar-refractivity contribution in [3.63, 3.8) is 0 Å². The van der Waals surface area contributed by atoms with Gasteiger partial charge < -0.3 is 50.8 Å². The van der Waals surface area contributed by atoms with Crippen molar-refractivity contribution in [2.45, 2.75) is 173 Å². The van der Waals surface area contributed by atoms with Crippen LogP contribution in [0.25, 0.3) is 0 Å². The Morgan fingerprint density at radius 1 is 0.484 bits per heavy atom. The van der Waals surface area contributed by atoms with Gasteiger partial charge in [-0.25, -0.2) is 4.79 Å². The molecule has 0 aliphatic carbocycles. The first-order valence-corrected chi connectivity index (χ1v) is 23.2. The number of carbonyl (C=O) groups excluding carboxylic acids is 5. The predicted molar refractivity (Wildman–Crippen MR) is 236 cm³/mol. The van der Waals surface area contributed by atoms with Gasteiger partial charge in [0.1, 0.15) is 25.0 Å². The van der Waals surface area contributed by atoms with E-state index in [2.05, 4.69) is 16.0 Å². The molecular formula is C45H82N4O13. The summed E-state index contributed by atoms with van der Waals surface area (Å²) in [6, 6.07) is -1.33. The van der Waals surface area contributed by atoms with Gasteiger partial charge in [-0.2, -0.15) is 0 Å². The minimum absolute atomic E-state index is 0.0109. The Labute approximate surface area is 370 Å². The Morgan fingerprint density at radius 2 is 0.984 bits per heavy atom. The maximum atomic E-state index is 12.3. The van der Waals surface area contributed by atoms with Crippen LogP contribution in [0.5, 0.6) is 0 Å². The number of aliphatic carboxylic acids is 2. The van der Waals surface area contributed by atoms with Crippen molar-refractivity contribution in [3.8, 4) is 0 Å². The van der Waals surface area contributed by atoms with Crippen LogP contribution in [0, 0.1) is 0 Å². The Bertz CT molecular complexity index is 1210. The first-order valence-electron chi connectivity index (χ1n) is 23.2. The van der Waals surface area contributed by atoms with Crippen molar-refractivity contribution in [1.29, 1.82) is 0 Å². The number of ketones is 3. The number of Topliss-reactive ketones (excluding diaryl/α,β-unsaturated/α-hetero) is 3. The van der Waals surface area contributed by atoms with Gasteiger partial charge in [0, 0.05) is 45.3 Å². The van der Waals surface area contributed by atoms with Crippen molar-refractivity contribution in [2.75, 3.05) is 73.0 Å². The zero-order valence-corrected chi connectivity index (χ0v) is 37.9. The fourth-order valence-electron chi connectivity index (χ4n) is 6.64. The lowest BCUT2D eigenvalue weighted by Crippen LogP contribution is -2.41. The molecule has 2 atom stereocenters. The molecule has 17 nitrogen and oxygen atoms in total. The molecule has 0 aliphatic rings. The van der Waals surface area contributed by atoms with Gasteiger partial charge in [0.2, 0.25) is 11.8 Å². The van der Waals surface area contributed by atoms with Gasteiger partial charge in [0.25, 0.3) is 0 Å². The Balaban J connectivity index is 3.66. The number of carboxylic acids is 2. The summed E-state index contributed by atoms with van der Waals surface area (Å²) in [6.45, 7) is 1.79. The minimum Gasteiger partial charge on any atom is -0.481 e. The van der Waals surface area contributed by atoms with Crippen LogP contribution in [-0.2, 0) is 52.5 Å². The highest BCUT2D eigenvalue weighted by Gasteiger charge is 2.21. The molecule has 0 aromatic carbocycles. The van der Waals surface area contributed by atoms with E-state index in [1.165, 1.54) is 44.9 Å². The third kappa shape index (κ3) is 39.5. The number of rotatable bonds is 48. The molecule has 0 aromatic heterocycles. The summed E-state index contributed by atoms with van der Waals surface area (Å²) in [7, 11) is 1.74. The van der Waals surface area contributed by atoms with E-state index < -0.39 is 18.0 Å². The third-order valence-electron chi connectivity index (χ3n) is 10.3. The Morgan fingerprint density at radius 3 is 1.55 bits per heavy atom. The second kappa shape index (κ2) is 42.9. The van der Waals surface area contributed by atoms with Crippen LogP contribution in [0.2, 0.25) is 0 Å². The number of nitrogens with one attached hydrogen (secondary N) is 3. The third-order valence-corrected chi connectivity index (χ3v) is 10.3. The van der Waals surface area contributed by atoms with E-state index in [9.17, 15) is 38.7 Å². The molecule has 62 heavy (non-hydrogen) atoms. The summed E-state index contributed by atoms with van der Waals surface area (Å²) < 4.78 is 21.5. The molecule has 0 radical (unpaired) electrons. The molecule has 0 aliphatic heterocycles. The maximum Gasteiger partial charge on any atom is 0.326 e. The summed E-state index contributed by atoms with van der Waals surface area (Å²) in [5.41, 5.74) is 5.40. The first kappa shape index (κ1) is 58.6. The van der Waals surface area contributed by atoms with E-state index in [-0.39, 0.29) is 120 Å². The van der Waals surface area contributed by atoms with Gasteiger partial charge in [-0.05, 0) is 45.6 Å². The average Bonchev–Trinajstić information content (AvgIpc) is 3.24. The second-order valence-corrected chi connectivity index (χ2v) is 15.8. The molecule has 0 fully saturated rings. The molecule has 0 saturated heterocycles. The average molecular weight is 887 g/mol. The topological polar surface area (TPSA) is 259 Å². The van der Waals surface area contributed by atoms with Crippen LogP contribution < -0.4 is 21.7 Å². The molecule has 7 N–H and O–H groups in total. The standard InChI is InChI=1S/C45H82N4O13/c1-47-39(41(52)34-46)22-16-14-15-20-38(51)35-61-32-31-60-29-27-48-43(54)36-62-33-30-59-28-19-21-37(50)25-26-40(45(57)58)49-42(53)23-17-12-10-8-6-4-2-3-5-7-9-11-13-18-24-44(55)56/h39-40,47H,2-36,46H2,1H3,(H,48,54)(H,49,53)(H,55,56)(H,57,58)/t39-,40-/m0/s1. The fourth-order valence-corrected chi connectivity index (χ4v) is 6.64. The summed E-state index contributed by atoms with van der Waals surface area (Å²) >= 11 is 0. The van der Waals surface area contributed by atoms with Crippen LogP contribution in [0.1, 0.15) is 161 Å². The van der Waals surface area contributed by atoms with E-state index in [0.717, 1.165) is 57.8 Å². The highest BCUT2D eigenvalue weighted by atomic mass is 16.5. The van der Waals surface area contributed by atoms with Gasteiger partial charge in [-0.1, -0.05) is 89.9 Å². The molecule has 0 saturated carbocycles. The van der Waals surface area contributed by atoms with E-state index in [0.29, 0.717) is 38.8 Å². The normalized spacial score (nSPS) is 12.2. The first-order chi connectivity index (χ1) is 30.0. The minimum atomic E-state index is -1.16. The number of ether oxygens (including phenoxy) is 4. The fraction of sp³-hybridized carbons (Fsp3) is 0.844. The van der Waals surface area contributed by atoms with E-state index in [1.807, 2.05) is 0 Å². The molecule has 0 bridgehead atoms. The molecule has 0 aromatic rings. The predicted octanol–water partition coefficient (Wildman–Crippen LogP) is 4.83. The number of carboxylic acid groups (broad SMARTS) is 2.